The maximum atomic E-state index is 11.0. The average Bonchev–Trinajstić information content (AvgIpc) is 3.37. The Labute approximate surface area is 152 Å². The quantitative estimate of drug-likeness (QED) is 0.399. The van der Waals surface area contributed by atoms with E-state index in [0.717, 1.165) is 31.9 Å². The molecule has 3 N–H and O–H groups in total. The molecule has 0 unspecified atom stereocenters. The van der Waals surface area contributed by atoms with Crippen molar-refractivity contribution in [2.45, 2.75) is 49.9 Å². The summed E-state index contributed by atoms with van der Waals surface area (Å²) in [7, 11) is 0. The van der Waals surface area contributed by atoms with Gasteiger partial charge in [-0.2, -0.15) is 0 Å². The molecule has 3 aliphatic heterocycles. The van der Waals surface area contributed by atoms with Crippen molar-refractivity contribution in [3.63, 3.8) is 0 Å². The normalized spacial score (nSPS) is 31.0. The number of hydrogen-bond donors (Lipinski definition) is 3. The summed E-state index contributed by atoms with van der Waals surface area (Å²) in [4.78, 5) is 22.1. The third-order valence-corrected chi connectivity index (χ3v) is 5.58. The van der Waals surface area contributed by atoms with Crippen molar-refractivity contribution in [1.29, 1.82) is 0 Å². The Bertz CT molecular complexity index is 670. The summed E-state index contributed by atoms with van der Waals surface area (Å²) in [6, 6.07) is 0.362. The van der Waals surface area contributed by atoms with E-state index >= 15 is 0 Å². The lowest BCUT2D eigenvalue weighted by atomic mass is 9.88. The number of carbonyl (C=O) groups is 1. The van der Waals surface area contributed by atoms with E-state index in [4.69, 9.17) is 9.94 Å². The van der Waals surface area contributed by atoms with Crippen LogP contribution in [0.25, 0.3) is 6.08 Å². The molecule has 26 heavy (non-hydrogen) atoms. The molecule has 0 aliphatic carbocycles. The van der Waals surface area contributed by atoms with Crippen LogP contribution in [0.3, 0.4) is 0 Å². The van der Waals surface area contributed by atoms with Gasteiger partial charge in [0.1, 0.15) is 5.82 Å². The predicted octanol–water partition coefficient (Wildman–Crippen LogP) is 1.19. The van der Waals surface area contributed by atoms with E-state index < -0.39 is 5.91 Å². The van der Waals surface area contributed by atoms with Gasteiger partial charge in [0.25, 0.3) is 5.91 Å². The van der Waals surface area contributed by atoms with Gasteiger partial charge in [0.2, 0.25) is 0 Å². The maximum absolute atomic E-state index is 11.0. The van der Waals surface area contributed by atoms with Crippen LogP contribution in [-0.2, 0) is 9.53 Å². The van der Waals surface area contributed by atoms with Crippen LogP contribution < -0.4 is 10.8 Å². The highest BCUT2D eigenvalue weighted by molar-refractivity contribution is 5.90. The Morgan fingerprint density at radius 1 is 1.35 bits per heavy atom. The molecule has 3 fully saturated rings. The summed E-state index contributed by atoms with van der Waals surface area (Å²) in [6.45, 7) is 3.12. The van der Waals surface area contributed by atoms with Gasteiger partial charge in [0.05, 0.1) is 29.8 Å². The van der Waals surface area contributed by atoms with Gasteiger partial charge in [-0.25, -0.2) is 10.5 Å². The molecule has 0 aromatic carbocycles. The van der Waals surface area contributed by atoms with Crippen LogP contribution in [0.5, 0.6) is 0 Å². The predicted molar refractivity (Wildman–Crippen MR) is 95.5 cm³/mol. The summed E-state index contributed by atoms with van der Waals surface area (Å²) in [6.07, 6.45) is 12.4. The van der Waals surface area contributed by atoms with Gasteiger partial charge in [0, 0.05) is 31.8 Å². The second-order valence-electron chi connectivity index (χ2n) is 7.50. The van der Waals surface area contributed by atoms with E-state index in [9.17, 15) is 4.79 Å². The van der Waals surface area contributed by atoms with Crippen molar-refractivity contribution in [1.82, 2.24) is 20.3 Å². The third kappa shape index (κ3) is 3.87. The molecule has 0 spiro atoms. The highest BCUT2D eigenvalue weighted by Gasteiger charge is 2.47. The van der Waals surface area contributed by atoms with Crippen LogP contribution in [-0.4, -0.2) is 63.4 Å². The number of hydrogen-bond acceptors (Lipinski definition) is 7. The van der Waals surface area contributed by atoms with Gasteiger partial charge >= 0.3 is 0 Å². The minimum Gasteiger partial charge on any atom is -0.370 e. The van der Waals surface area contributed by atoms with Gasteiger partial charge < -0.3 is 10.1 Å². The lowest BCUT2D eigenvalue weighted by Gasteiger charge is -2.30. The van der Waals surface area contributed by atoms with Gasteiger partial charge in [-0.05, 0) is 38.2 Å². The molecule has 3 saturated heterocycles. The largest absolute Gasteiger partial charge is 0.370 e. The van der Waals surface area contributed by atoms with Crippen molar-refractivity contribution < 1.29 is 14.7 Å². The standard InChI is InChI=1S/C18H25N5O3/c24-17(22-25)2-1-13-9-20-16(10-19-13)21-14-5-8-23(11-14)12-18-6-3-15(26-18)4-7-18/h1-2,9-10,14-15,25H,3-8,11-12H2,(H,20,21)(H,22,24)/b2-1+/t14-,15?,18?/m1/s1. The fraction of sp³-hybridized carbons (Fsp3) is 0.611. The van der Waals surface area contributed by atoms with E-state index in [1.807, 2.05) is 0 Å². The number of nitrogens with zero attached hydrogens (tertiary/aromatic N) is 3. The molecule has 1 amide bonds. The number of amides is 1. The van der Waals surface area contributed by atoms with Crippen LogP contribution in [0.1, 0.15) is 37.8 Å². The Morgan fingerprint density at radius 2 is 2.19 bits per heavy atom. The molecule has 2 bridgehead atoms. The smallest absolute Gasteiger partial charge is 0.267 e. The SMILES string of the molecule is O=C(/C=C/c1cnc(N[C@@H]2CCN(CC34CCC(CC3)O4)C2)cn1)NO. The van der Waals surface area contributed by atoms with E-state index in [2.05, 4.69) is 20.2 Å². The fourth-order valence-corrected chi connectivity index (χ4v) is 4.31. The zero-order chi connectivity index (χ0) is 18.0. The van der Waals surface area contributed by atoms with Gasteiger partial charge in [0.15, 0.2) is 0 Å². The second-order valence-corrected chi connectivity index (χ2v) is 7.50. The lowest BCUT2D eigenvalue weighted by Crippen LogP contribution is -2.41. The van der Waals surface area contributed by atoms with Crippen molar-refractivity contribution in [3.8, 4) is 0 Å². The topological polar surface area (TPSA) is 99.6 Å². The molecule has 3 aliphatic rings. The number of carbonyl (C=O) groups excluding carboxylic acids is 1. The Morgan fingerprint density at radius 3 is 2.85 bits per heavy atom. The molecule has 8 nitrogen and oxygen atoms in total. The number of ether oxygens (including phenoxy) is 1. The summed E-state index contributed by atoms with van der Waals surface area (Å²) >= 11 is 0. The van der Waals surface area contributed by atoms with Crippen LogP contribution in [0.2, 0.25) is 0 Å². The molecule has 8 heteroatoms. The summed E-state index contributed by atoms with van der Waals surface area (Å²) in [5, 5.41) is 11.9. The molecular weight excluding hydrogens is 334 g/mol. The molecular formula is C18H25N5O3. The minimum atomic E-state index is -0.598. The van der Waals surface area contributed by atoms with Gasteiger partial charge in [-0.15, -0.1) is 0 Å². The Hall–Kier alpha value is -2.03. The average molecular weight is 359 g/mol. The third-order valence-electron chi connectivity index (χ3n) is 5.58. The molecule has 140 valence electrons. The number of rotatable bonds is 6. The molecule has 4 heterocycles. The van der Waals surface area contributed by atoms with Crippen LogP contribution >= 0.6 is 0 Å². The maximum Gasteiger partial charge on any atom is 0.267 e. The molecule has 0 saturated carbocycles. The summed E-state index contributed by atoms with van der Waals surface area (Å²) in [5.41, 5.74) is 2.21. The number of aromatic nitrogens is 2. The highest BCUT2D eigenvalue weighted by Crippen LogP contribution is 2.44. The zero-order valence-corrected chi connectivity index (χ0v) is 14.7. The number of anilines is 1. The van der Waals surface area contributed by atoms with E-state index in [0.29, 0.717) is 17.8 Å². The zero-order valence-electron chi connectivity index (χ0n) is 14.7. The molecule has 1 atom stereocenters. The number of nitrogens with one attached hydrogen (secondary N) is 2. The Balaban J connectivity index is 1.27. The molecule has 4 rings (SSSR count). The minimum absolute atomic E-state index is 0.119. The van der Waals surface area contributed by atoms with E-state index in [-0.39, 0.29) is 5.60 Å². The second kappa shape index (κ2) is 7.30. The number of fused-ring (bicyclic) bond motifs is 2. The van der Waals surface area contributed by atoms with Crippen molar-refractivity contribution in [2.24, 2.45) is 0 Å². The first-order chi connectivity index (χ1) is 12.6. The van der Waals surface area contributed by atoms with Crippen LogP contribution in [0.4, 0.5) is 5.82 Å². The van der Waals surface area contributed by atoms with Crippen molar-refractivity contribution >= 4 is 17.8 Å². The molecule has 1 aromatic heterocycles. The molecule has 1 aromatic rings. The Kier molecular flexibility index (Phi) is 4.88. The number of hydroxylamine groups is 1. The lowest BCUT2D eigenvalue weighted by molar-refractivity contribution is -0.124. The first-order valence-electron chi connectivity index (χ1n) is 9.25. The van der Waals surface area contributed by atoms with Gasteiger partial charge in [-0.3, -0.25) is 19.9 Å². The first kappa shape index (κ1) is 17.4. The van der Waals surface area contributed by atoms with Crippen LogP contribution in [0, 0.1) is 0 Å². The fourth-order valence-electron chi connectivity index (χ4n) is 4.31. The summed E-state index contributed by atoms with van der Waals surface area (Å²) < 4.78 is 6.20. The highest BCUT2D eigenvalue weighted by atomic mass is 16.5. The first-order valence-corrected chi connectivity index (χ1v) is 9.25. The van der Waals surface area contributed by atoms with Crippen molar-refractivity contribution in [2.75, 3.05) is 25.0 Å². The van der Waals surface area contributed by atoms with Crippen LogP contribution in [0.15, 0.2) is 18.5 Å². The monoisotopic (exact) mass is 359 g/mol. The van der Waals surface area contributed by atoms with E-state index in [1.54, 1.807) is 12.4 Å². The van der Waals surface area contributed by atoms with E-state index in [1.165, 1.54) is 43.3 Å². The van der Waals surface area contributed by atoms with Crippen molar-refractivity contribution in [3.05, 3.63) is 24.2 Å². The number of likely N-dealkylation sites (tertiary alicyclic amines) is 1. The molecule has 0 radical (unpaired) electrons. The van der Waals surface area contributed by atoms with Gasteiger partial charge in [-0.1, -0.05) is 0 Å². The summed E-state index contributed by atoms with van der Waals surface area (Å²) in [5.74, 6) is 0.135.